The Hall–Kier alpha value is -0.700. The normalized spacial score (nSPS) is 15.3. The van der Waals surface area contributed by atoms with Crippen molar-refractivity contribution in [2.45, 2.75) is 32.1 Å². The summed E-state index contributed by atoms with van der Waals surface area (Å²) >= 11 is 1.47. The molecule has 6 nitrogen and oxygen atoms in total. The minimum atomic E-state index is -3.49. The molecule has 0 atom stereocenters. The summed E-state index contributed by atoms with van der Waals surface area (Å²) in [5.74, 6) is 0. The minimum absolute atomic E-state index is 0.487. The molecular formula is C12H22N4O2S2. The summed E-state index contributed by atoms with van der Waals surface area (Å²) in [4.78, 5) is 5.63. The number of anilines is 1. The molecule has 1 aliphatic rings. The van der Waals surface area contributed by atoms with Gasteiger partial charge >= 0.3 is 10.2 Å². The second-order valence-electron chi connectivity index (χ2n) is 4.98. The molecule has 114 valence electrons. The van der Waals surface area contributed by atoms with Gasteiger partial charge in [0, 0.05) is 18.5 Å². The van der Waals surface area contributed by atoms with Crippen molar-refractivity contribution in [1.82, 2.24) is 14.6 Å². The molecule has 0 radical (unpaired) electrons. The van der Waals surface area contributed by atoms with Crippen molar-refractivity contribution >= 4 is 26.7 Å². The maximum Gasteiger partial charge on any atom is 0.303 e. The second-order valence-corrected chi connectivity index (χ2v) is 7.84. The van der Waals surface area contributed by atoms with Gasteiger partial charge in [-0.15, -0.1) is 11.3 Å². The molecule has 1 aromatic heterocycles. The standard InChI is InChI=1S/C12H22N4O2S2/c1-13-8-5-9-16(2)20(17,18)15-12-14-10-6-3-4-7-11(10)19-12/h13H,3-9H2,1-2H3,(H,14,15). The Morgan fingerprint density at radius 3 is 2.80 bits per heavy atom. The lowest BCUT2D eigenvalue weighted by Gasteiger charge is -2.16. The molecule has 0 saturated carbocycles. The molecule has 20 heavy (non-hydrogen) atoms. The summed E-state index contributed by atoms with van der Waals surface area (Å²) in [6.07, 6.45) is 5.08. The molecule has 0 bridgehead atoms. The third-order valence-corrected chi connectivity index (χ3v) is 6.03. The van der Waals surface area contributed by atoms with Crippen LogP contribution in [-0.4, -0.2) is 44.9 Å². The molecule has 1 aliphatic carbocycles. The first-order valence-electron chi connectivity index (χ1n) is 6.90. The van der Waals surface area contributed by atoms with E-state index in [1.54, 1.807) is 7.05 Å². The van der Waals surface area contributed by atoms with Crippen molar-refractivity contribution in [1.29, 1.82) is 0 Å². The number of nitrogens with one attached hydrogen (secondary N) is 2. The van der Waals surface area contributed by atoms with Crippen LogP contribution in [0.4, 0.5) is 5.13 Å². The first-order chi connectivity index (χ1) is 9.53. The number of thiazole rings is 1. The Morgan fingerprint density at radius 2 is 2.10 bits per heavy atom. The fourth-order valence-corrected chi connectivity index (χ4v) is 4.36. The van der Waals surface area contributed by atoms with Crippen molar-refractivity contribution in [3.63, 3.8) is 0 Å². The maximum atomic E-state index is 12.2. The zero-order chi connectivity index (χ0) is 14.6. The molecule has 8 heteroatoms. The first-order valence-corrected chi connectivity index (χ1v) is 9.16. The Morgan fingerprint density at radius 1 is 1.35 bits per heavy atom. The number of aromatic nitrogens is 1. The molecule has 0 amide bonds. The van der Waals surface area contributed by atoms with Gasteiger partial charge in [-0.3, -0.25) is 0 Å². The van der Waals surface area contributed by atoms with Crippen LogP contribution >= 0.6 is 11.3 Å². The molecule has 0 fully saturated rings. The zero-order valence-electron chi connectivity index (χ0n) is 12.0. The maximum absolute atomic E-state index is 12.2. The molecule has 2 N–H and O–H groups in total. The van der Waals surface area contributed by atoms with E-state index >= 15 is 0 Å². The van der Waals surface area contributed by atoms with Gasteiger partial charge in [-0.2, -0.15) is 12.7 Å². The van der Waals surface area contributed by atoms with Crippen LogP contribution in [0.15, 0.2) is 0 Å². The number of hydrogen-bond acceptors (Lipinski definition) is 5. The van der Waals surface area contributed by atoms with E-state index < -0.39 is 10.2 Å². The van der Waals surface area contributed by atoms with Crippen LogP contribution in [0.5, 0.6) is 0 Å². The largest absolute Gasteiger partial charge is 0.320 e. The average Bonchev–Trinajstić information content (AvgIpc) is 2.80. The number of nitrogens with zero attached hydrogens (tertiary/aromatic N) is 2. The molecule has 2 rings (SSSR count). The quantitative estimate of drug-likeness (QED) is 0.741. The van der Waals surface area contributed by atoms with Gasteiger partial charge in [0.15, 0.2) is 5.13 Å². The topological polar surface area (TPSA) is 74.3 Å². The summed E-state index contributed by atoms with van der Waals surface area (Å²) in [5, 5.41) is 3.50. The molecule has 0 aromatic carbocycles. The number of hydrogen-bond donors (Lipinski definition) is 2. The van der Waals surface area contributed by atoms with Crippen LogP contribution in [-0.2, 0) is 23.1 Å². The van der Waals surface area contributed by atoms with Crippen LogP contribution in [0.3, 0.4) is 0 Å². The summed E-state index contributed by atoms with van der Waals surface area (Å²) in [6.45, 7) is 1.28. The monoisotopic (exact) mass is 318 g/mol. The predicted octanol–water partition coefficient (Wildman–Crippen LogP) is 1.22. The van der Waals surface area contributed by atoms with E-state index in [-0.39, 0.29) is 0 Å². The van der Waals surface area contributed by atoms with Crippen molar-refractivity contribution in [2.75, 3.05) is 31.9 Å². The Kier molecular flexibility index (Phi) is 5.36. The third-order valence-electron chi connectivity index (χ3n) is 3.37. The van der Waals surface area contributed by atoms with Crippen molar-refractivity contribution in [3.8, 4) is 0 Å². The van der Waals surface area contributed by atoms with Gasteiger partial charge in [0.25, 0.3) is 0 Å². The number of rotatable bonds is 7. The van der Waals surface area contributed by atoms with E-state index in [0.717, 1.165) is 37.9 Å². The second kappa shape index (κ2) is 6.84. The predicted molar refractivity (Wildman–Crippen MR) is 82.5 cm³/mol. The van der Waals surface area contributed by atoms with Crippen LogP contribution < -0.4 is 10.0 Å². The Bertz CT molecular complexity index is 518. The highest BCUT2D eigenvalue weighted by molar-refractivity contribution is 7.90. The smallest absolute Gasteiger partial charge is 0.303 e. The summed E-state index contributed by atoms with van der Waals surface area (Å²) in [7, 11) is -0.0470. The summed E-state index contributed by atoms with van der Waals surface area (Å²) in [5.41, 5.74) is 1.07. The molecule has 1 aromatic rings. The Labute approximate surface area is 124 Å². The van der Waals surface area contributed by atoms with Crippen molar-refractivity contribution in [3.05, 3.63) is 10.6 Å². The highest BCUT2D eigenvalue weighted by atomic mass is 32.2. The fraction of sp³-hybridized carbons (Fsp3) is 0.750. The van der Waals surface area contributed by atoms with Crippen molar-refractivity contribution < 1.29 is 8.42 Å². The van der Waals surface area contributed by atoms with E-state index in [1.165, 1.54) is 26.9 Å². The van der Waals surface area contributed by atoms with Gasteiger partial charge in [-0.05, 0) is 45.7 Å². The lowest BCUT2D eigenvalue weighted by atomic mass is 10.0. The minimum Gasteiger partial charge on any atom is -0.320 e. The van der Waals surface area contributed by atoms with Gasteiger partial charge in [0.2, 0.25) is 0 Å². The fourth-order valence-electron chi connectivity index (χ4n) is 2.18. The van der Waals surface area contributed by atoms with Crippen LogP contribution in [0.2, 0.25) is 0 Å². The van der Waals surface area contributed by atoms with Gasteiger partial charge < -0.3 is 5.32 Å². The lowest BCUT2D eigenvalue weighted by molar-refractivity contribution is 0.462. The highest BCUT2D eigenvalue weighted by Crippen LogP contribution is 2.30. The molecule has 0 saturated heterocycles. The number of aryl methyl sites for hydroxylation is 2. The van der Waals surface area contributed by atoms with E-state index in [2.05, 4.69) is 15.0 Å². The molecule has 0 unspecified atom stereocenters. The van der Waals surface area contributed by atoms with Crippen LogP contribution in [0.25, 0.3) is 0 Å². The molecular weight excluding hydrogens is 296 g/mol. The van der Waals surface area contributed by atoms with Crippen molar-refractivity contribution in [2.24, 2.45) is 0 Å². The SMILES string of the molecule is CNCCCN(C)S(=O)(=O)Nc1nc2c(s1)CCCC2. The van der Waals surface area contributed by atoms with E-state index in [1.807, 2.05) is 7.05 Å². The third kappa shape index (κ3) is 3.91. The summed E-state index contributed by atoms with van der Waals surface area (Å²) in [6, 6.07) is 0. The van der Waals surface area contributed by atoms with Crippen LogP contribution in [0, 0.1) is 0 Å². The Balaban J connectivity index is 1.98. The van der Waals surface area contributed by atoms with E-state index in [0.29, 0.717) is 11.7 Å². The average molecular weight is 318 g/mol. The van der Waals surface area contributed by atoms with Gasteiger partial charge in [-0.25, -0.2) is 9.71 Å². The van der Waals surface area contributed by atoms with Crippen LogP contribution in [0.1, 0.15) is 29.8 Å². The van der Waals surface area contributed by atoms with Gasteiger partial charge in [0.05, 0.1) is 5.69 Å². The van der Waals surface area contributed by atoms with Gasteiger partial charge in [-0.1, -0.05) is 0 Å². The highest BCUT2D eigenvalue weighted by Gasteiger charge is 2.21. The van der Waals surface area contributed by atoms with E-state index in [9.17, 15) is 8.42 Å². The lowest BCUT2D eigenvalue weighted by Crippen LogP contribution is -2.34. The molecule has 0 aliphatic heterocycles. The van der Waals surface area contributed by atoms with Gasteiger partial charge in [0.1, 0.15) is 0 Å². The summed E-state index contributed by atoms with van der Waals surface area (Å²) < 4.78 is 28.3. The first kappa shape index (κ1) is 15.7. The molecule has 1 heterocycles. The number of fused-ring (bicyclic) bond motifs is 1. The zero-order valence-corrected chi connectivity index (χ0v) is 13.6. The van der Waals surface area contributed by atoms with E-state index in [4.69, 9.17) is 0 Å². The molecule has 0 spiro atoms.